The van der Waals surface area contributed by atoms with Crippen molar-refractivity contribution in [3.63, 3.8) is 0 Å². The maximum Gasteiger partial charge on any atom is 0.338 e. The molecule has 0 spiro atoms. The van der Waals surface area contributed by atoms with Crippen LogP contribution in [0.25, 0.3) is 0 Å². The van der Waals surface area contributed by atoms with Crippen LogP contribution in [0.15, 0.2) is 17.0 Å². The molecule has 0 aromatic heterocycles. The monoisotopic (exact) mass is 302 g/mol. The Morgan fingerprint density at radius 1 is 1.30 bits per heavy atom. The van der Waals surface area contributed by atoms with Crippen molar-refractivity contribution in [1.82, 2.24) is 0 Å². The van der Waals surface area contributed by atoms with Crippen molar-refractivity contribution in [3.8, 4) is 0 Å². The van der Waals surface area contributed by atoms with Crippen LogP contribution >= 0.6 is 0 Å². The molecule has 0 saturated heterocycles. The molecular formula is C14H19FO4S. The number of sulfone groups is 1. The Hall–Kier alpha value is -1.43. The number of aryl methyl sites for hydroxylation is 1. The molecule has 1 N–H and O–H groups in total. The van der Waals surface area contributed by atoms with Gasteiger partial charge in [0.1, 0.15) is 5.82 Å². The first-order valence-electron chi connectivity index (χ1n) is 6.49. The Labute approximate surface area is 118 Å². The second kappa shape index (κ2) is 6.35. The highest BCUT2D eigenvalue weighted by molar-refractivity contribution is 7.91. The molecule has 0 amide bonds. The first kappa shape index (κ1) is 16.6. The molecule has 0 radical (unpaired) electrons. The zero-order chi connectivity index (χ0) is 15.5. The van der Waals surface area contributed by atoms with Gasteiger partial charge in [-0.2, -0.15) is 0 Å². The largest absolute Gasteiger partial charge is 0.478 e. The summed E-state index contributed by atoms with van der Waals surface area (Å²) in [6.45, 7) is 5.17. The SMILES string of the molecule is CCC(CC)CS(=O)(=O)c1cc(C)c(F)c(C(=O)O)c1. The van der Waals surface area contributed by atoms with Crippen LogP contribution in [0.1, 0.15) is 42.6 Å². The Balaban J connectivity index is 3.29. The highest BCUT2D eigenvalue weighted by atomic mass is 32.2. The minimum Gasteiger partial charge on any atom is -0.478 e. The number of benzene rings is 1. The summed E-state index contributed by atoms with van der Waals surface area (Å²) in [6, 6.07) is 2.10. The van der Waals surface area contributed by atoms with E-state index in [1.165, 1.54) is 13.0 Å². The second-order valence-electron chi connectivity index (χ2n) is 4.87. The molecular weight excluding hydrogens is 283 g/mol. The number of carboxylic acids is 1. The molecule has 4 nitrogen and oxygen atoms in total. The molecule has 0 aliphatic rings. The first-order valence-corrected chi connectivity index (χ1v) is 8.14. The third-order valence-electron chi connectivity index (χ3n) is 3.43. The van der Waals surface area contributed by atoms with Crippen LogP contribution in [0.4, 0.5) is 4.39 Å². The maximum atomic E-state index is 13.6. The molecule has 6 heteroatoms. The van der Waals surface area contributed by atoms with Gasteiger partial charge < -0.3 is 5.11 Å². The molecule has 1 aromatic rings. The van der Waals surface area contributed by atoms with Crippen LogP contribution in [0, 0.1) is 18.7 Å². The van der Waals surface area contributed by atoms with E-state index in [0.717, 1.165) is 18.9 Å². The number of rotatable bonds is 6. The summed E-state index contributed by atoms with van der Waals surface area (Å²) < 4.78 is 38.2. The maximum absolute atomic E-state index is 13.6. The van der Waals surface area contributed by atoms with Crippen molar-refractivity contribution in [2.24, 2.45) is 5.92 Å². The van der Waals surface area contributed by atoms with Gasteiger partial charge in [-0.15, -0.1) is 0 Å². The van der Waals surface area contributed by atoms with E-state index < -0.39 is 27.2 Å². The summed E-state index contributed by atoms with van der Waals surface area (Å²) in [5.41, 5.74) is -0.582. The predicted octanol–water partition coefficient (Wildman–Crippen LogP) is 3.04. The van der Waals surface area contributed by atoms with Crippen molar-refractivity contribution < 1.29 is 22.7 Å². The Kier molecular flexibility index (Phi) is 5.28. The lowest BCUT2D eigenvalue weighted by molar-refractivity contribution is 0.0691. The number of hydrogen-bond donors (Lipinski definition) is 1. The van der Waals surface area contributed by atoms with Crippen molar-refractivity contribution in [2.75, 3.05) is 5.75 Å². The minimum absolute atomic E-state index is 0.0126. The number of halogens is 1. The second-order valence-corrected chi connectivity index (χ2v) is 6.91. The predicted molar refractivity (Wildman–Crippen MR) is 74.2 cm³/mol. The topological polar surface area (TPSA) is 71.4 Å². The van der Waals surface area contributed by atoms with Gasteiger partial charge in [0.15, 0.2) is 9.84 Å². The average Bonchev–Trinajstić information content (AvgIpc) is 2.38. The first-order chi connectivity index (χ1) is 9.22. The summed E-state index contributed by atoms with van der Waals surface area (Å²) in [5, 5.41) is 8.92. The van der Waals surface area contributed by atoms with E-state index in [1.54, 1.807) is 0 Å². The standard InChI is InChI=1S/C14H19FO4S/c1-4-10(5-2)8-20(18,19)11-6-9(3)13(15)12(7-11)14(16)17/h6-7,10H,4-5,8H2,1-3H3,(H,16,17). The van der Waals surface area contributed by atoms with E-state index >= 15 is 0 Å². The van der Waals surface area contributed by atoms with Crippen molar-refractivity contribution in [1.29, 1.82) is 0 Å². The molecule has 0 atom stereocenters. The molecule has 0 fully saturated rings. The minimum atomic E-state index is -3.61. The van der Waals surface area contributed by atoms with Crippen LogP contribution in [0.3, 0.4) is 0 Å². The molecule has 0 bridgehead atoms. The van der Waals surface area contributed by atoms with Gasteiger partial charge in [-0.3, -0.25) is 0 Å². The van der Waals surface area contributed by atoms with E-state index in [9.17, 15) is 17.6 Å². The summed E-state index contributed by atoms with van der Waals surface area (Å²) in [4.78, 5) is 10.8. The van der Waals surface area contributed by atoms with Crippen LogP contribution in [0.2, 0.25) is 0 Å². The van der Waals surface area contributed by atoms with E-state index in [-0.39, 0.29) is 22.1 Å². The Morgan fingerprint density at radius 3 is 2.30 bits per heavy atom. The van der Waals surface area contributed by atoms with E-state index in [1.807, 2.05) is 13.8 Å². The molecule has 0 aliphatic carbocycles. The fourth-order valence-electron chi connectivity index (χ4n) is 2.00. The van der Waals surface area contributed by atoms with E-state index in [2.05, 4.69) is 0 Å². The highest BCUT2D eigenvalue weighted by Gasteiger charge is 2.23. The van der Waals surface area contributed by atoms with E-state index in [0.29, 0.717) is 0 Å². The molecule has 1 rings (SSSR count). The quantitative estimate of drug-likeness (QED) is 0.820. The normalized spacial score (nSPS) is 11.8. The summed E-state index contributed by atoms with van der Waals surface area (Å²) in [6.07, 6.45) is 1.45. The number of carbonyl (C=O) groups is 1. The van der Waals surface area contributed by atoms with Crippen LogP contribution in [0.5, 0.6) is 0 Å². The molecule has 0 heterocycles. The van der Waals surface area contributed by atoms with Gasteiger partial charge >= 0.3 is 5.97 Å². The van der Waals surface area contributed by atoms with Crippen molar-refractivity contribution >= 4 is 15.8 Å². The summed E-state index contributed by atoms with van der Waals surface area (Å²) in [7, 11) is -3.61. The molecule has 112 valence electrons. The third-order valence-corrected chi connectivity index (χ3v) is 5.29. The molecule has 1 aromatic carbocycles. The van der Waals surface area contributed by atoms with E-state index in [4.69, 9.17) is 5.11 Å². The lowest BCUT2D eigenvalue weighted by Crippen LogP contribution is -2.16. The smallest absolute Gasteiger partial charge is 0.338 e. The number of aromatic carboxylic acids is 1. The van der Waals surface area contributed by atoms with Crippen LogP contribution in [-0.4, -0.2) is 25.2 Å². The van der Waals surface area contributed by atoms with Gasteiger partial charge in [0, 0.05) is 0 Å². The third kappa shape index (κ3) is 3.56. The number of hydrogen-bond acceptors (Lipinski definition) is 3. The van der Waals surface area contributed by atoms with Crippen molar-refractivity contribution in [3.05, 3.63) is 29.1 Å². The van der Waals surface area contributed by atoms with Gasteiger partial charge in [-0.25, -0.2) is 17.6 Å². The van der Waals surface area contributed by atoms with Crippen LogP contribution in [-0.2, 0) is 9.84 Å². The number of carboxylic acid groups (broad SMARTS) is 1. The van der Waals surface area contributed by atoms with Crippen LogP contribution < -0.4 is 0 Å². The molecule has 0 unspecified atom stereocenters. The lowest BCUT2D eigenvalue weighted by Gasteiger charge is -2.14. The zero-order valence-electron chi connectivity index (χ0n) is 11.8. The fourth-order valence-corrected chi connectivity index (χ4v) is 3.94. The summed E-state index contributed by atoms with van der Waals surface area (Å²) >= 11 is 0. The van der Waals surface area contributed by atoms with Gasteiger partial charge in [0.25, 0.3) is 0 Å². The molecule has 20 heavy (non-hydrogen) atoms. The van der Waals surface area contributed by atoms with Gasteiger partial charge in [0.05, 0.1) is 16.2 Å². The average molecular weight is 302 g/mol. The lowest BCUT2D eigenvalue weighted by atomic mass is 10.1. The van der Waals surface area contributed by atoms with Gasteiger partial charge in [-0.05, 0) is 30.5 Å². The zero-order valence-corrected chi connectivity index (χ0v) is 12.6. The highest BCUT2D eigenvalue weighted by Crippen LogP contribution is 2.23. The van der Waals surface area contributed by atoms with Gasteiger partial charge in [-0.1, -0.05) is 26.7 Å². The van der Waals surface area contributed by atoms with Crippen molar-refractivity contribution in [2.45, 2.75) is 38.5 Å². The molecule has 0 aliphatic heterocycles. The Bertz CT molecular complexity index is 604. The molecule has 0 saturated carbocycles. The fraction of sp³-hybridized carbons (Fsp3) is 0.500. The van der Waals surface area contributed by atoms with Gasteiger partial charge in [0.2, 0.25) is 0 Å². The summed E-state index contributed by atoms with van der Waals surface area (Å²) in [5.74, 6) is -2.40. The Morgan fingerprint density at radius 2 is 1.85 bits per heavy atom.